The second-order valence-corrected chi connectivity index (χ2v) is 4.46. The predicted octanol–water partition coefficient (Wildman–Crippen LogP) is 1.47. The Labute approximate surface area is 60.6 Å². The molecule has 4 heteroatoms. The lowest BCUT2D eigenvalue weighted by molar-refractivity contribution is 0.300. The van der Waals surface area contributed by atoms with Crippen LogP contribution in [0.25, 0.3) is 0 Å². The van der Waals surface area contributed by atoms with E-state index in [1.165, 1.54) is 0 Å². The van der Waals surface area contributed by atoms with E-state index in [1.807, 2.05) is 6.92 Å². The molecule has 0 aromatic rings. The summed E-state index contributed by atoms with van der Waals surface area (Å²) in [7, 11) is -4.21. The van der Waals surface area contributed by atoms with Crippen molar-refractivity contribution in [1.82, 2.24) is 0 Å². The van der Waals surface area contributed by atoms with E-state index in [9.17, 15) is 12.3 Å². The van der Waals surface area contributed by atoms with Crippen molar-refractivity contribution < 1.29 is 12.3 Å². The molecule has 0 unspecified atom stereocenters. The molecule has 0 aromatic heterocycles. The van der Waals surface area contributed by atoms with Crippen molar-refractivity contribution in [2.45, 2.75) is 31.4 Å². The first-order valence-corrected chi connectivity index (χ1v) is 4.92. The summed E-state index contributed by atoms with van der Waals surface area (Å²) in [5, 5.41) is -0.683. The second-order valence-electron chi connectivity index (χ2n) is 2.84. The number of hydrogen-bond acceptors (Lipinski definition) is 2. The third kappa shape index (κ3) is 1.48. The molecule has 0 saturated heterocycles. The molecule has 0 radical (unpaired) electrons. The molecule has 0 N–H and O–H groups in total. The minimum absolute atomic E-state index is 0.440. The number of halogens is 1. The first-order valence-electron chi connectivity index (χ1n) is 3.47. The highest BCUT2D eigenvalue weighted by Gasteiger charge is 2.37. The van der Waals surface area contributed by atoms with Gasteiger partial charge < -0.3 is 0 Å². The number of rotatable bonds is 2. The van der Waals surface area contributed by atoms with Crippen molar-refractivity contribution in [2.24, 2.45) is 5.92 Å². The van der Waals surface area contributed by atoms with Gasteiger partial charge in [0.05, 0.1) is 5.25 Å². The SMILES string of the molecule is CCC1CC(S(=O)(=O)F)C1. The van der Waals surface area contributed by atoms with Crippen LogP contribution in [0.3, 0.4) is 0 Å². The van der Waals surface area contributed by atoms with Gasteiger partial charge in [-0.2, -0.15) is 8.42 Å². The third-order valence-electron chi connectivity index (χ3n) is 2.17. The lowest BCUT2D eigenvalue weighted by Crippen LogP contribution is -2.33. The summed E-state index contributed by atoms with van der Waals surface area (Å²) in [4.78, 5) is 0. The van der Waals surface area contributed by atoms with E-state index in [4.69, 9.17) is 0 Å². The van der Waals surface area contributed by atoms with Gasteiger partial charge in [0, 0.05) is 0 Å². The molecule has 0 aliphatic heterocycles. The summed E-state index contributed by atoms with van der Waals surface area (Å²) in [5.74, 6) is 0.440. The molecule has 0 bridgehead atoms. The van der Waals surface area contributed by atoms with Gasteiger partial charge in [-0.05, 0) is 18.8 Å². The molecule has 0 amide bonds. The quantitative estimate of drug-likeness (QED) is 0.582. The normalized spacial score (nSPS) is 33.4. The summed E-state index contributed by atoms with van der Waals surface area (Å²) in [6, 6.07) is 0. The Kier molecular flexibility index (Phi) is 1.99. The molecule has 1 rings (SSSR count). The van der Waals surface area contributed by atoms with Crippen LogP contribution in [0.2, 0.25) is 0 Å². The highest BCUT2D eigenvalue weighted by atomic mass is 32.3. The zero-order valence-corrected chi connectivity index (χ0v) is 6.70. The largest absolute Gasteiger partial charge is 0.305 e. The fourth-order valence-electron chi connectivity index (χ4n) is 1.24. The fourth-order valence-corrected chi connectivity index (χ4v) is 2.24. The van der Waals surface area contributed by atoms with Gasteiger partial charge >= 0.3 is 10.2 Å². The Bertz CT molecular complexity index is 204. The van der Waals surface area contributed by atoms with Crippen LogP contribution in [0, 0.1) is 5.92 Å². The fraction of sp³-hybridized carbons (Fsp3) is 1.00. The van der Waals surface area contributed by atoms with Crippen molar-refractivity contribution in [3.05, 3.63) is 0 Å². The average molecular weight is 166 g/mol. The van der Waals surface area contributed by atoms with Crippen molar-refractivity contribution in [2.75, 3.05) is 0 Å². The monoisotopic (exact) mass is 166 g/mol. The van der Waals surface area contributed by atoms with E-state index in [0.29, 0.717) is 18.8 Å². The second kappa shape index (κ2) is 2.49. The molecule has 1 aliphatic carbocycles. The van der Waals surface area contributed by atoms with Crippen molar-refractivity contribution >= 4 is 10.2 Å². The molecule has 1 aliphatic rings. The minimum Gasteiger partial charge on any atom is -0.195 e. The van der Waals surface area contributed by atoms with Crippen LogP contribution in [0.15, 0.2) is 0 Å². The van der Waals surface area contributed by atoms with Crippen molar-refractivity contribution in [1.29, 1.82) is 0 Å². The molecule has 0 spiro atoms. The highest BCUT2D eigenvalue weighted by Crippen LogP contribution is 2.35. The van der Waals surface area contributed by atoms with E-state index >= 15 is 0 Å². The third-order valence-corrected chi connectivity index (χ3v) is 3.35. The minimum atomic E-state index is -4.21. The van der Waals surface area contributed by atoms with Crippen molar-refractivity contribution in [3.8, 4) is 0 Å². The molecule has 60 valence electrons. The molecule has 0 heterocycles. The van der Waals surface area contributed by atoms with Gasteiger partial charge in [0.1, 0.15) is 0 Å². The molecule has 0 aromatic carbocycles. The van der Waals surface area contributed by atoms with E-state index < -0.39 is 15.5 Å². The van der Waals surface area contributed by atoms with Crippen LogP contribution < -0.4 is 0 Å². The standard InChI is InChI=1S/C6H11FO2S/c1-2-5-3-6(4-5)10(7,8)9/h5-6H,2-4H2,1H3. The maximum atomic E-state index is 12.1. The molecule has 2 nitrogen and oxygen atoms in total. The van der Waals surface area contributed by atoms with E-state index in [-0.39, 0.29) is 0 Å². The molecule has 1 fully saturated rings. The zero-order valence-electron chi connectivity index (χ0n) is 5.88. The van der Waals surface area contributed by atoms with E-state index in [1.54, 1.807) is 0 Å². The number of hydrogen-bond donors (Lipinski definition) is 0. The summed E-state index contributed by atoms with van der Waals surface area (Å²) < 4.78 is 32.5. The highest BCUT2D eigenvalue weighted by molar-refractivity contribution is 7.87. The van der Waals surface area contributed by atoms with Crippen LogP contribution >= 0.6 is 0 Å². The van der Waals surface area contributed by atoms with Gasteiger partial charge in [-0.1, -0.05) is 13.3 Å². The summed E-state index contributed by atoms with van der Waals surface area (Å²) in [6.07, 6.45) is 2.01. The Balaban J connectivity index is 2.41. The summed E-state index contributed by atoms with van der Waals surface area (Å²) in [5.41, 5.74) is 0. The topological polar surface area (TPSA) is 34.1 Å². The van der Waals surface area contributed by atoms with Crippen LogP contribution in [0.1, 0.15) is 26.2 Å². The van der Waals surface area contributed by atoms with Gasteiger partial charge in [0.25, 0.3) is 0 Å². The van der Waals surface area contributed by atoms with E-state index in [2.05, 4.69) is 0 Å². The van der Waals surface area contributed by atoms with Crippen LogP contribution in [0.5, 0.6) is 0 Å². The molecule has 10 heavy (non-hydrogen) atoms. The predicted molar refractivity (Wildman–Crippen MR) is 36.8 cm³/mol. The Morgan fingerprint density at radius 1 is 1.50 bits per heavy atom. The summed E-state index contributed by atoms with van der Waals surface area (Å²) >= 11 is 0. The molecule has 1 saturated carbocycles. The molecular formula is C6H11FO2S. The maximum absolute atomic E-state index is 12.1. The zero-order chi connectivity index (χ0) is 7.78. The Hall–Kier alpha value is -0.120. The lowest BCUT2D eigenvalue weighted by Gasteiger charge is -2.31. The van der Waals surface area contributed by atoms with Gasteiger partial charge in [-0.3, -0.25) is 0 Å². The van der Waals surface area contributed by atoms with Crippen molar-refractivity contribution in [3.63, 3.8) is 0 Å². The average Bonchev–Trinajstić information content (AvgIpc) is 1.57. The van der Waals surface area contributed by atoms with Crippen LogP contribution in [-0.2, 0) is 10.2 Å². The Morgan fingerprint density at radius 3 is 2.30 bits per heavy atom. The van der Waals surface area contributed by atoms with Gasteiger partial charge in [-0.15, -0.1) is 3.89 Å². The van der Waals surface area contributed by atoms with Crippen LogP contribution in [0.4, 0.5) is 3.89 Å². The smallest absolute Gasteiger partial charge is 0.195 e. The van der Waals surface area contributed by atoms with Gasteiger partial charge in [-0.25, -0.2) is 0 Å². The van der Waals surface area contributed by atoms with Gasteiger partial charge in [0.2, 0.25) is 0 Å². The molecule has 0 atom stereocenters. The van der Waals surface area contributed by atoms with Crippen LogP contribution in [-0.4, -0.2) is 13.7 Å². The molecular weight excluding hydrogens is 155 g/mol. The maximum Gasteiger partial charge on any atom is 0.305 e. The van der Waals surface area contributed by atoms with Gasteiger partial charge in [0.15, 0.2) is 0 Å². The summed E-state index contributed by atoms with van der Waals surface area (Å²) in [6.45, 7) is 1.99. The lowest BCUT2D eigenvalue weighted by atomic mass is 9.83. The first-order chi connectivity index (χ1) is 4.54. The first kappa shape index (κ1) is 7.98. The van der Waals surface area contributed by atoms with E-state index in [0.717, 1.165) is 6.42 Å². The Morgan fingerprint density at radius 2 is 2.00 bits per heavy atom.